The number of ether oxygens (including phenoxy) is 2. The Labute approximate surface area is 171 Å². The van der Waals surface area contributed by atoms with Gasteiger partial charge >= 0.3 is 5.97 Å². The molecule has 1 aliphatic rings. The molecule has 0 unspecified atom stereocenters. The molecule has 0 spiro atoms. The van der Waals surface area contributed by atoms with Crippen LogP contribution < -0.4 is 10.1 Å². The van der Waals surface area contributed by atoms with E-state index in [0.29, 0.717) is 17.9 Å². The number of hydrogen-bond donors (Lipinski definition) is 1. The van der Waals surface area contributed by atoms with Crippen molar-refractivity contribution in [2.75, 3.05) is 11.9 Å². The Kier molecular flexibility index (Phi) is 6.10. The van der Waals surface area contributed by atoms with Gasteiger partial charge in [0.1, 0.15) is 24.5 Å². The average Bonchev–Trinajstić information content (AvgIpc) is 3.61. The van der Waals surface area contributed by atoms with Crippen LogP contribution in [0.15, 0.2) is 78.9 Å². The van der Waals surface area contributed by atoms with Gasteiger partial charge in [0.25, 0.3) is 0 Å². The third-order valence-electron chi connectivity index (χ3n) is 4.94. The Hall–Kier alpha value is -3.27. The van der Waals surface area contributed by atoms with Gasteiger partial charge in [0.15, 0.2) is 0 Å². The molecule has 0 saturated heterocycles. The molecule has 1 fully saturated rings. The molecule has 0 aliphatic heterocycles. The molecule has 3 aromatic rings. The Bertz CT molecular complexity index is 937. The van der Waals surface area contributed by atoms with Crippen molar-refractivity contribution in [3.05, 3.63) is 95.6 Å². The minimum Gasteiger partial charge on any atom is -0.488 e. The van der Waals surface area contributed by atoms with Crippen LogP contribution in [0.5, 0.6) is 5.75 Å². The first-order valence-corrected chi connectivity index (χ1v) is 10.0. The van der Waals surface area contributed by atoms with E-state index >= 15 is 0 Å². The fourth-order valence-electron chi connectivity index (χ4n) is 3.04. The molecule has 1 N–H and O–H groups in total. The van der Waals surface area contributed by atoms with E-state index in [4.69, 9.17) is 9.47 Å². The lowest BCUT2D eigenvalue weighted by molar-refractivity contribution is 0.0467. The second-order valence-electron chi connectivity index (χ2n) is 7.37. The molecule has 148 valence electrons. The van der Waals surface area contributed by atoms with E-state index in [2.05, 4.69) is 5.32 Å². The number of benzene rings is 3. The molecule has 4 nitrogen and oxygen atoms in total. The largest absolute Gasteiger partial charge is 0.488 e. The van der Waals surface area contributed by atoms with E-state index in [1.807, 2.05) is 72.8 Å². The maximum atomic E-state index is 12.7. The predicted molar refractivity (Wildman–Crippen MR) is 114 cm³/mol. The topological polar surface area (TPSA) is 47.6 Å². The lowest BCUT2D eigenvalue weighted by atomic mass is 10.1. The van der Waals surface area contributed by atoms with Gasteiger partial charge in [-0.3, -0.25) is 0 Å². The summed E-state index contributed by atoms with van der Waals surface area (Å²) >= 11 is 0. The molecule has 29 heavy (non-hydrogen) atoms. The summed E-state index contributed by atoms with van der Waals surface area (Å²) in [4.78, 5) is 12.7. The molecule has 0 amide bonds. The lowest BCUT2D eigenvalue weighted by Crippen LogP contribution is -2.10. The number of hydrogen-bond acceptors (Lipinski definition) is 4. The molecule has 1 aliphatic carbocycles. The maximum Gasteiger partial charge on any atom is 0.342 e. The van der Waals surface area contributed by atoms with Crippen molar-refractivity contribution < 1.29 is 14.3 Å². The third-order valence-corrected chi connectivity index (χ3v) is 4.94. The normalized spacial score (nSPS) is 13.0. The van der Waals surface area contributed by atoms with Crippen molar-refractivity contribution in [1.82, 2.24) is 0 Å². The molecule has 3 aromatic carbocycles. The van der Waals surface area contributed by atoms with Crippen molar-refractivity contribution in [3.63, 3.8) is 0 Å². The van der Waals surface area contributed by atoms with E-state index in [1.54, 1.807) is 6.07 Å². The zero-order chi connectivity index (χ0) is 19.9. The van der Waals surface area contributed by atoms with Gasteiger partial charge in [0, 0.05) is 18.3 Å². The van der Waals surface area contributed by atoms with Crippen LogP contribution in [0.2, 0.25) is 0 Å². The molecule has 4 rings (SSSR count). The number of carbonyl (C=O) groups is 1. The molecular weight excluding hydrogens is 362 g/mol. The Morgan fingerprint density at radius 2 is 1.52 bits per heavy atom. The Balaban J connectivity index is 1.47. The first kappa shape index (κ1) is 19.1. The molecule has 0 aromatic heterocycles. The van der Waals surface area contributed by atoms with Crippen molar-refractivity contribution >= 4 is 11.7 Å². The summed E-state index contributed by atoms with van der Waals surface area (Å²) in [6.45, 7) is 1.58. The van der Waals surface area contributed by atoms with Crippen LogP contribution in [0.4, 0.5) is 5.69 Å². The zero-order valence-electron chi connectivity index (χ0n) is 16.3. The van der Waals surface area contributed by atoms with Crippen LogP contribution in [0, 0.1) is 5.92 Å². The summed E-state index contributed by atoms with van der Waals surface area (Å²) in [6.07, 6.45) is 2.57. The summed E-state index contributed by atoms with van der Waals surface area (Å²) in [6, 6.07) is 25.2. The van der Waals surface area contributed by atoms with E-state index < -0.39 is 0 Å². The molecule has 1 saturated carbocycles. The molecule has 0 atom stereocenters. The highest BCUT2D eigenvalue weighted by Crippen LogP contribution is 2.30. The maximum absolute atomic E-state index is 12.7. The van der Waals surface area contributed by atoms with Gasteiger partial charge in [-0.25, -0.2) is 4.79 Å². The van der Waals surface area contributed by atoms with Crippen LogP contribution in [-0.4, -0.2) is 12.5 Å². The van der Waals surface area contributed by atoms with Crippen molar-refractivity contribution in [2.24, 2.45) is 5.92 Å². The van der Waals surface area contributed by atoms with Gasteiger partial charge in [-0.1, -0.05) is 60.7 Å². The number of esters is 1. The summed E-state index contributed by atoms with van der Waals surface area (Å²) < 4.78 is 11.5. The quantitative estimate of drug-likeness (QED) is 0.496. The van der Waals surface area contributed by atoms with E-state index in [1.165, 1.54) is 12.8 Å². The van der Waals surface area contributed by atoms with E-state index in [-0.39, 0.29) is 12.6 Å². The fraction of sp³-hybridized carbons (Fsp3) is 0.240. The third kappa shape index (κ3) is 5.61. The number of anilines is 1. The molecule has 4 heteroatoms. The monoisotopic (exact) mass is 387 g/mol. The SMILES string of the molecule is O=C(OCc1ccccc1)c1ccc(NCC2CC2)cc1OCc1ccccc1. The van der Waals surface area contributed by atoms with Gasteiger partial charge in [-0.05, 0) is 42.0 Å². The smallest absolute Gasteiger partial charge is 0.342 e. The second-order valence-corrected chi connectivity index (χ2v) is 7.37. The summed E-state index contributed by atoms with van der Waals surface area (Å²) in [5.74, 6) is 0.914. The minimum atomic E-state index is -0.384. The first-order chi connectivity index (χ1) is 14.3. The van der Waals surface area contributed by atoms with E-state index in [0.717, 1.165) is 29.3 Å². The highest BCUT2D eigenvalue weighted by Gasteiger charge is 2.21. The van der Waals surface area contributed by atoms with Gasteiger partial charge in [0.2, 0.25) is 0 Å². The van der Waals surface area contributed by atoms with Gasteiger partial charge < -0.3 is 14.8 Å². The zero-order valence-corrected chi connectivity index (χ0v) is 16.3. The van der Waals surface area contributed by atoms with Crippen LogP contribution in [0.3, 0.4) is 0 Å². The van der Waals surface area contributed by atoms with Crippen LogP contribution >= 0.6 is 0 Å². The Morgan fingerprint density at radius 3 is 2.17 bits per heavy atom. The standard InChI is InChI=1S/C25H25NO3/c27-25(29-18-21-9-5-2-6-10-21)23-14-13-22(26-16-19-11-12-19)15-24(23)28-17-20-7-3-1-4-8-20/h1-10,13-15,19,26H,11-12,16-18H2. The number of carbonyl (C=O) groups excluding carboxylic acids is 1. The van der Waals surface area contributed by atoms with Crippen LogP contribution in [-0.2, 0) is 18.0 Å². The lowest BCUT2D eigenvalue weighted by Gasteiger charge is -2.14. The minimum absolute atomic E-state index is 0.236. The summed E-state index contributed by atoms with van der Waals surface area (Å²) in [5, 5.41) is 3.44. The number of rotatable bonds is 9. The summed E-state index contributed by atoms with van der Waals surface area (Å²) in [7, 11) is 0. The molecule has 0 radical (unpaired) electrons. The van der Waals surface area contributed by atoms with Crippen molar-refractivity contribution in [2.45, 2.75) is 26.1 Å². The Morgan fingerprint density at radius 1 is 0.862 bits per heavy atom. The first-order valence-electron chi connectivity index (χ1n) is 10.0. The average molecular weight is 387 g/mol. The second kappa shape index (κ2) is 9.28. The van der Waals surface area contributed by atoms with Gasteiger partial charge in [-0.15, -0.1) is 0 Å². The molecular formula is C25H25NO3. The summed E-state index contributed by atoms with van der Waals surface area (Å²) in [5.41, 5.74) is 3.40. The fourth-order valence-corrected chi connectivity index (χ4v) is 3.04. The highest BCUT2D eigenvalue weighted by molar-refractivity contribution is 5.93. The van der Waals surface area contributed by atoms with Gasteiger partial charge in [0.05, 0.1) is 0 Å². The predicted octanol–water partition coefficient (Wildman–Crippen LogP) is 5.44. The molecule has 0 bridgehead atoms. The van der Waals surface area contributed by atoms with E-state index in [9.17, 15) is 4.79 Å². The van der Waals surface area contributed by atoms with Crippen molar-refractivity contribution in [1.29, 1.82) is 0 Å². The number of nitrogens with one attached hydrogen (secondary N) is 1. The molecule has 0 heterocycles. The van der Waals surface area contributed by atoms with Crippen LogP contribution in [0.25, 0.3) is 0 Å². The van der Waals surface area contributed by atoms with Crippen LogP contribution in [0.1, 0.15) is 34.3 Å². The highest BCUT2D eigenvalue weighted by atomic mass is 16.5. The van der Waals surface area contributed by atoms with Crippen molar-refractivity contribution in [3.8, 4) is 5.75 Å². The van der Waals surface area contributed by atoms with Gasteiger partial charge in [-0.2, -0.15) is 0 Å².